The topological polar surface area (TPSA) is 15.8 Å². The molecule has 0 spiro atoms. The lowest BCUT2D eigenvalue weighted by Gasteiger charge is -2.06. The van der Waals surface area contributed by atoms with Crippen LogP contribution < -0.4 is 0 Å². The predicted octanol–water partition coefficient (Wildman–Crippen LogP) is 3.71. The lowest BCUT2D eigenvalue weighted by molar-refractivity contribution is 1.25. The van der Waals surface area contributed by atoms with Crippen molar-refractivity contribution >= 4 is 10.9 Å². The van der Waals surface area contributed by atoms with E-state index in [9.17, 15) is 0 Å². The lowest BCUT2D eigenvalue weighted by atomic mass is 9.98. The minimum absolute atomic E-state index is 1.28. The summed E-state index contributed by atoms with van der Waals surface area (Å²) < 4.78 is 0. The van der Waals surface area contributed by atoms with Crippen molar-refractivity contribution in [2.24, 2.45) is 0 Å². The van der Waals surface area contributed by atoms with Gasteiger partial charge in [0, 0.05) is 16.6 Å². The number of hydrogen-bond donors (Lipinski definition) is 1. The third kappa shape index (κ3) is 1.08. The average molecular weight is 187 g/mol. The van der Waals surface area contributed by atoms with Crippen LogP contribution >= 0.6 is 0 Å². The fourth-order valence-corrected chi connectivity index (χ4v) is 2.15. The van der Waals surface area contributed by atoms with E-state index in [2.05, 4.69) is 45.7 Å². The number of aryl methyl sites for hydroxylation is 4. The van der Waals surface area contributed by atoms with Gasteiger partial charge in [0.1, 0.15) is 0 Å². The summed E-state index contributed by atoms with van der Waals surface area (Å²) in [5, 5.41) is 1.41. The monoisotopic (exact) mass is 187 g/mol. The quantitative estimate of drug-likeness (QED) is 0.647. The van der Waals surface area contributed by atoms with E-state index in [0.29, 0.717) is 0 Å². The van der Waals surface area contributed by atoms with Gasteiger partial charge in [-0.05, 0) is 62.9 Å². The molecule has 0 amide bonds. The molecule has 0 unspecified atom stereocenters. The number of H-pyrrole nitrogens is 1. The second kappa shape index (κ2) is 2.88. The summed E-state index contributed by atoms with van der Waals surface area (Å²) in [6.07, 6.45) is 0. The highest BCUT2D eigenvalue weighted by Gasteiger charge is 2.09. The number of nitrogens with one attached hydrogen (secondary N) is 1. The first kappa shape index (κ1) is 9.32. The Morgan fingerprint density at radius 2 is 1.50 bits per heavy atom. The smallest absolute Gasteiger partial charge is 0.0464 e. The van der Waals surface area contributed by atoms with Crippen LogP contribution in [0.3, 0.4) is 0 Å². The Labute approximate surface area is 85.1 Å². The molecule has 1 aromatic carbocycles. The zero-order chi connectivity index (χ0) is 10.5. The summed E-state index contributed by atoms with van der Waals surface area (Å²) in [4.78, 5) is 3.44. The van der Waals surface area contributed by atoms with Crippen molar-refractivity contribution < 1.29 is 0 Å². The highest BCUT2D eigenvalue weighted by molar-refractivity contribution is 5.89. The maximum absolute atomic E-state index is 3.44. The van der Waals surface area contributed by atoms with Crippen molar-refractivity contribution in [2.45, 2.75) is 34.6 Å². The Kier molecular flexibility index (Phi) is 1.91. The van der Waals surface area contributed by atoms with Gasteiger partial charge in [-0.1, -0.05) is 0 Å². The Bertz CT molecular complexity index is 504. The van der Waals surface area contributed by atoms with Crippen molar-refractivity contribution in [3.05, 3.63) is 34.0 Å². The van der Waals surface area contributed by atoms with Crippen LogP contribution in [0.15, 0.2) is 6.07 Å². The van der Waals surface area contributed by atoms with Crippen molar-refractivity contribution in [1.29, 1.82) is 0 Å². The fraction of sp³-hybridized carbons (Fsp3) is 0.385. The summed E-state index contributed by atoms with van der Waals surface area (Å²) in [5.74, 6) is 0. The van der Waals surface area contributed by atoms with E-state index in [1.54, 1.807) is 0 Å². The van der Waals surface area contributed by atoms with Crippen molar-refractivity contribution in [2.75, 3.05) is 0 Å². The van der Waals surface area contributed by atoms with Gasteiger partial charge in [0.05, 0.1) is 0 Å². The van der Waals surface area contributed by atoms with Gasteiger partial charge in [-0.25, -0.2) is 0 Å². The minimum atomic E-state index is 1.28. The molecule has 0 saturated carbocycles. The number of aromatic amines is 1. The number of hydrogen-bond acceptors (Lipinski definition) is 0. The summed E-state index contributed by atoms with van der Waals surface area (Å²) in [6.45, 7) is 10.9. The Hall–Kier alpha value is -1.24. The zero-order valence-electron chi connectivity index (χ0n) is 9.58. The molecule has 0 aliphatic carbocycles. The molecule has 0 bridgehead atoms. The first-order valence-electron chi connectivity index (χ1n) is 5.08. The maximum atomic E-state index is 3.44. The van der Waals surface area contributed by atoms with E-state index in [1.807, 2.05) is 0 Å². The second-order valence-corrected chi connectivity index (χ2v) is 4.24. The molecule has 2 rings (SSSR count). The van der Waals surface area contributed by atoms with Gasteiger partial charge in [0.25, 0.3) is 0 Å². The predicted molar refractivity (Wildman–Crippen MR) is 62.0 cm³/mol. The number of benzene rings is 1. The molecule has 1 aromatic heterocycles. The van der Waals surface area contributed by atoms with Gasteiger partial charge in [-0.15, -0.1) is 0 Å². The molecule has 0 saturated heterocycles. The molecule has 0 aliphatic heterocycles. The van der Waals surface area contributed by atoms with E-state index < -0.39 is 0 Å². The Morgan fingerprint density at radius 3 is 2.14 bits per heavy atom. The summed E-state index contributed by atoms with van der Waals surface area (Å²) in [7, 11) is 0. The van der Waals surface area contributed by atoms with Crippen LogP contribution in [0, 0.1) is 34.6 Å². The first-order chi connectivity index (χ1) is 6.52. The van der Waals surface area contributed by atoms with Crippen molar-refractivity contribution in [1.82, 2.24) is 4.98 Å². The molecule has 0 atom stereocenters. The molecule has 0 aliphatic rings. The molecule has 1 heteroatoms. The average Bonchev–Trinajstić information content (AvgIpc) is 2.39. The summed E-state index contributed by atoms with van der Waals surface area (Å²) in [6, 6.07) is 2.25. The van der Waals surface area contributed by atoms with Crippen molar-refractivity contribution in [3.63, 3.8) is 0 Å². The Morgan fingerprint density at radius 1 is 0.857 bits per heavy atom. The largest absolute Gasteiger partial charge is 0.358 e. The molecule has 0 radical (unpaired) electrons. The Balaban J connectivity index is 2.99. The fourth-order valence-electron chi connectivity index (χ4n) is 2.15. The molecule has 74 valence electrons. The molecule has 0 fully saturated rings. The van der Waals surface area contributed by atoms with Crippen LogP contribution in [-0.2, 0) is 0 Å². The van der Waals surface area contributed by atoms with Gasteiger partial charge in [0.2, 0.25) is 0 Å². The van der Waals surface area contributed by atoms with Crippen LogP contribution in [0.2, 0.25) is 0 Å². The summed E-state index contributed by atoms with van der Waals surface area (Å²) >= 11 is 0. The maximum Gasteiger partial charge on any atom is 0.0464 e. The molecule has 14 heavy (non-hydrogen) atoms. The van der Waals surface area contributed by atoms with Crippen LogP contribution in [0.1, 0.15) is 27.9 Å². The van der Waals surface area contributed by atoms with E-state index in [-0.39, 0.29) is 0 Å². The molecule has 2 aromatic rings. The van der Waals surface area contributed by atoms with E-state index in [1.165, 1.54) is 38.9 Å². The lowest BCUT2D eigenvalue weighted by Crippen LogP contribution is -1.87. The van der Waals surface area contributed by atoms with Crippen LogP contribution in [-0.4, -0.2) is 4.98 Å². The van der Waals surface area contributed by atoms with Crippen LogP contribution in [0.5, 0.6) is 0 Å². The second-order valence-electron chi connectivity index (χ2n) is 4.24. The van der Waals surface area contributed by atoms with Crippen molar-refractivity contribution in [3.8, 4) is 0 Å². The van der Waals surface area contributed by atoms with Gasteiger partial charge in [-0.2, -0.15) is 0 Å². The van der Waals surface area contributed by atoms with E-state index >= 15 is 0 Å². The molecular weight excluding hydrogens is 170 g/mol. The van der Waals surface area contributed by atoms with E-state index in [4.69, 9.17) is 0 Å². The van der Waals surface area contributed by atoms with Crippen LogP contribution in [0.4, 0.5) is 0 Å². The van der Waals surface area contributed by atoms with Gasteiger partial charge >= 0.3 is 0 Å². The normalized spacial score (nSPS) is 11.2. The highest BCUT2D eigenvalue weighted by atomic mass is 14.7. The first-order valence-corrected chi connectivity index (χ1v) is 5.08. The molecule has 1 heterocycles. The minimum Gasteiger partial charge on any atom is -0.358 e. The molecule has 1 nitrogen and oxygen atoms in total. The van der Waals surface area contributed by atoms with Gasteiger partial charge in [0.15, 0.2) is 0 Å². The number of rotatable bonds is 0. The number of fused-ring (bicyclic) bond motifs is 1. The third-order valence-electron chi connectivity index (χ3n) is 3.42. The summed E-state index contributed by atoms with van der Waals surface area (Å²) in [5.41, 5.74) is 8.16. The standard InChI is InChI=1S/C13H17N/c1-7-6-12-13(9(3)8(7)2)10(4)11(5)14-12/h6,14H,1-5H3. The van der Waals surface area contributed by atoms with Crippen LogP contribution in [0.25, 0.3) is 10.9 Å². The SMILES string of the molecule is Cc1cc2[nH]c(C)c(C)c2c(C)c1C. The molecule has 1 N–H and O–H groups in total. The zero-order valence-corrected chi connectivity index (χ0v) is 9.58. The van der Waals surface area contributed by atoms with E-state index in [0.717, 1.165) is 0 Å². The van der Waals surface area contributed by atoms with Gasteiger partial charge < -0.3 is 4.98 Å². The van der Waals surface area contributed by atoms with Gasteiger partial charge in [-0.3, -0.25) is 0 Å². The third-order valence-corrected chi connectivity index (χ3v) is 3.42. The molecular formula is C13H17N. The number of aromatic nitrogens is 1. The highest BCUT2D eigenvalue weighted by Crippen LogP contribution is 2.28.